The van der Waals surface area contributed by atoms with Crippen LogP contribution in [0.15, 0.2) is 18.7 Å². The summed E-state index contributed by atoms with van der Waals surface area (Å²) in [5, 5.41) is 0. The molecule has 4 heteroatoms. The summed E-state index contributed by atoms with van der Waals surface area (Å²) in [6.45, 7) is 7.51. The Morgan fingerprint density at radius 2 is 2.17 bits per heavy atom. The van der Waals surface area contributed by atoms with Crippen LogP contribution in [-0.2, 0) is 11.5 Å². The number of ether oxygens (including phenoxy) is 1. The van der Waals surface area contributed by atoms with Gasteiger partial charge in [-0.3, -0.25) is 0 Å². The van der Waals surface area contributed by atoms with Gasteiger partial charge in [-0.2, -0.15) is 0 Å². The summed E-state index contributed by atoms with van der Waals surface area (Å²) in [6, 6.07) is 0. The molecule has 0 spiro atoms. The van der Waals surface area contributed by atoms with Gasteiger partial charge in [-0.15, -0.1) is 0 Å². The van der Waals surface area contributed by atoms with E-state index in [0.717, 1.165) is 6.23 Å². The number of hydrogen-bond donors (Lipinski definition) is 0. The summed E-state index contributed by atoms with van der Waals surface area (Å²) in [7, 11) is -1.05. The van der Waals surface area contributed by atoms with Crippen LogP contribution >= 0.6 is 0 Å². The summed E-state index contributed by atoms with van der Waals surface area (Å²) in [4.78, 5) is 3.93. The molecule has 0 aromatic carbocycles. The maximum atomic E-state index is 5.53. The minimum atomic E-state index is -1.05. The highest BCUT2D eigenvalue weighted by Gasteiger charge is 2.12. The zero-order valence-corrected chi connectivity index (χ0v) is 8.95. The van der Waals surface area contributed by atoms with Gasteiger partial charge >= 0.3 is 0 Å². The topological polar surface area (TPSA) is 27.1 Å². The lowest BCUT2D eigenvalue weighted by atomic mass is 10.9. The lowest BCUT2D eigenvalue weighted by Crippen LogP contribution is -2.28. The Labute approximate surface area is 74.4 Å². The molecule has 0 N–H and O–H groups in total. The van der Waals surface area contributed by atoms with Gasteiger partial charge in [0.2, 0.25) is 0 Å². The van der Waals surface area contributed by atoms with Gasteiger partial charge in [0.1, 0.15) is 6.73 Å². The van der Waals surface area contributed by atoms with E-state index in [-0.39, 0.29) is 0 Å². The average molecular weight is 184 g/mol. The Balaban J connectivity index is 2.20. The normalized spacial score (nSPS) is 11.9. The molecule has 1 heterocycles. The standard InChI is InChI=1S/C8H16N2OSi/c1-12(2,3)8-11-7-10-5-4-9-6-10/h4-6H,7-8H2,1-3H3. The molecular formula is C8H16N2OSi. The van der Waals surface area contributed by atoms with Gasteiger partial charge in [-0.25, -0.2) is 4.98 Å². The molecule has 0 saturated heterocycles. The zero-order valence-electron chi connectivity index (χ0n) is 7.95. The SMILES string of the molecule is C[Si](C)(C)COCn1ccnc1. The predicted octanol–water partition coefficient (Wildman–Crippen LogP) is 1.73. The maximum absolute atomic E-state index is 5.53. The Bertz CT molecular complexity index is 215. The van der Waals surface area contributed by atoms with Gasteiger partial charge in [-0.1, -0.05) is 19.6 Å². The fourth-order valence-electron chi connectivity index (χ4n) is 0.820. The van der Waals surface area contributed by atoms with Gasteiger partial charge in [-0.05, 0) is 0 Å². The second-order valence-corrected chi connectivity index (χ2v) is 9.53. The molecule has 0 saturated carbocycles. The van der Waals surface area contributed by atoms with Crippen molar-refractivity contribution in [3.8, 4) is 0 Å². The Morgan fingerprint density at radius 1 is 1.42 bits per heavy atom. The summed E-state index contributed by atoms with van der Waals surface area (Å²) in [5.74, 6) is 0. The van der Waals surface area contributed by atoms with Crippen LogP contribution < -0.4 is 0 Å². The van der Waals surface area contributed by atoms with E-state index >= 15 is 0 Å². The molecule has 0 aliphatic heterocycles. The van der Waals surface area contributed by atoms with E-state index in [1.807, 2.05) is 10.8 Å². The van der Waals surface area contributed by atoms with Gasteiger partial charge < -0.3 is 9.30 Å². The smallest absolute Gasteiger partial charge is 0.123 e. The third-order valence-corrected chi connectivity index (χ3v) is 2.40. The first-order valence-corrected chi connectivity index (χ1v) is 7.82. The third kappa shape index (κ3) is 3.68. The average Bonchev–Trinajstić information content (AvgIpc) is 2.36. The molecule has 0 bridgehead atoms. The van der Waals surface area contributed by atoms with E-state index in [9.17, 15) is 0 Å². The molecule has 0 aliphatic carbocycles. The molecule has 1 rings (SSSR count). The van der Waals surface area contributed by atoms with Crippen molar-refractivity contribution in [3.63, 3.8) is 0 Å². The highest BCUT2D eigenvalue weighted by Crippen LogP contribution is 2.01. The number of rotatable bonds is 4. The van der Waals surface area contributed by atoms with Crippen LogP contribution in [0.25, 0.3) is 0 Å². The fraction of sp³-hybridized carbons (Fsp3) is 0.625. The Kier molecular flexibility index (Phi) is 3.05. The van der Waals surface area contributed by atoms with Crippen molar-refractivity contribution >= 4 is 8.07 Å². The van der Waals surface area contributed by atoms with Crippen molar-refractivity contribution in [2.75, 3.05) is 6.23 Å². The van der Waals surface area contributed by atoms with Crippen LogP contribution in [0.5, 0.6) is 0 Å². The van der Waals surface area contributed by atoms with E-state index < -0.39 is 8.07 Å². The second kappa shape index (κ2) is 3.87. The van der Waals surface area contributed by atoms with E-state index in [4.69, 9.17) is 4.74 Å². The summed E-state index contributed by atoms with van der Waals surface area (Å²) in [6.07, 6.45) is 6.34. The number of nitrogens with zero attached hydrogens (tertiary/aromatic N) is 2. The first-order chi connectivity index (χ1) is 5.58. The first-order valence-electron chi connectivity index (χ1n) is 4.11. The van der Waals surface area contributed by atoms with Crippen LogP contribution in [0.4, 0.5) is 0 Å². The Morgan fingerprint density at radius 3 is 2.67 bits per heavy atom. The first kappa shape index (κ1) is 9.47. The molecule has 12 heavy (non-hydrogen) atoms. The second-order valence-electron chi connectivity index (χ2n) is 4.12. The van der Waals surface area contributed by atoms with Crippen LogP contribution in [0, 0.1) is 0 Å². The molecule has 0 amide bonds. The lowest BCUT2D eigenvalue weighted by Gasteiger charge is -2.15. The van der Waals surface area contributed by atoms with E-state index in [0.29, 0.717) is 6.73 Å². The van der Waals surface area contributed by atoms with Gasteiger partial charge in [0.25, 0.3) is 0 Å². The highest BCUT2D eigenvalue weighted by atomic mass is 28.3. The number of hydrogen-bond acceptors (Lipinski definition) is 2. The molecule has 0 radical (unpaired) electrons. The quantitative estimate of drug-likeness (QED) is 0.666. The van der Waals surface area contributed by atoms with Crippen LogP contribution in [0.2, 0.25) is 19.6 Å². The summed E-state index contributed by atoms with van der Waals surface area (Å²) < 4.78 is 7.46. The molecule has 0 unspecified atom stereocenters. The van der Waals surface area contributed by atoms with E-state index in [1.165, 1.54) is 0 Å². The molecule has 68 valence electrons. The van der Waals surface area contributed by atoms with Crippen molar-refractivity contribution < 1.29 is 4.74 Å². The molecule has 1 aromatic heterocycles. The van der Waals surface area contributed by atoms with Gasteiger partial charge in [0.15, 0.2) is 0 Å². The van der Waals surface area contributed by atoms with E-state index in [1.54, 1.807) is 12.5 Å². The molecule has 0 fully saturated rings. The summed E-state index contributed by atoms with van der Waals surface area (Å²) >= 11 is 0. The monoisotopic (exact) mass is 184 g/mol. The summed E-state index contributed by atoms with van der Waals surface area (Å²) in [5.41, 5.74) is 0. The van der Waals surface area contributed by atoms with Gasteiger partial charge in [0, 0.05) is 18.6 Å². The van der Waals surface area contributed by atoms with Crippen molar-refractivity contribution in [1.82, 2.24) is 9.55 Å². The van der Waals surface area contributed by atoms with Crippen LogP contribution in [0.1, 0.15) is 0 Å². The van der Waals surface area contributed by atoms with Crippen molar-refractivity contribution in [2.24, 2.45) is 0 Å². The minimum absolute atomic E-state index is 0.629. The molecule has 3 nitrogen and oxygen atoms in total. The largest absolute Gasteiger partial charge is 0.364 e. The Hall–Kier alpha value is -0.613. The van der Waals surface area contributed by atoms with Crippen molar-refractivity contribution in [1.29, 1.82) is 0 Å². The molecule has 1 aromatic rings. The minimum Gasteiger partial charge on any atom is -0.364 e. The van der Waals surface area contributed by atoms with Crippen molar-refractivity contribution in [3.05, 3.63) is 18.7 Å². The van der Waals surface area contributed by atoms with E-state index in [2.05, 4.69) is 24.6 Å². The van der Waals surface area contributed by atoms with Crippen LogP contribution in [0.3, 0.4) is 0 Å². The number of imidazole rings is 1. The zero-order chi connectivity index (χ0) is 9.03. The molecule has 0 aliphatic rings. The van der Waals surface area contributed by atoms with Crippen molar-refractivity contribution in [2.45, 2.75) is 26.4 Å². The number of aromatic nitrogens is 2. The molecular weight excluding hydrogens is 168 g/mol. The third-order valence-electron chi connectivity index (χ3n) is 1.33. The lowest BCUT2D eigenvalue weighted by molar-refractivity contribution is 0.109. The predicted molar refractivity (Wildman–Crippen MR) is 51.5 cm³/mol. The fourth-order valence-corrected chi connectivity index (χ4v) is 1.52. The van der Waals surface area contributed by atoms with Gasteiger partial charge in [0.05, 0.1) is 14.4 Å². The molecule has 0 atom stereocenters. The maximum Gasteiger partial charge on any atom is 0.123 e. The highest BCUT2D eigenvalue weighted by molar-refractivity contribution is 6.76. The van der Waals surface area contributed by atoms with Crippen LogP contribution in [-0.4, -0.2) is 23.9 Å².